The molecule has 1 aliphatic heterocycles. The second-order valence-electron chi connectivity index (χ2n) is 5.93. The quantitative estimate of drug-likeness (QED) is 0.818. The van der Waals surface area contributed by atoms with Crippen LogP contribution in [0.5, 0.6) is 11.5 Å². The van der Waals surface area contributed by atoms with E-state index in [0.717, 1.165) is 11.4 Å². The third-order valence-electron chi connectivity index (χ3n) is 3.90. The van der Waals surface area contributed by atoms with Gasteiger partial charge in [0.2, 0.25) is 5.91 Å². The molecule has 2 aromatic carbocycles. The molecular formula is C18H20ClN3O3. The average Bonchev–Trinajstić information content (AvgIpc) is 2.55. The Kier molecular flexibility index (Phi) is 4.90. The molecule has 0 radical (unpaired) electrons. The topological polar surface area (TPSA) is 76.8 Å². The van der Waals surface area contributed by atoms with E-state index < -0.39 is 0 Å². The molecule has 0 aromatic heterocycles. The summed E-state index contributed by atoms with van der Waals surface area (Å²) >= 11 is 6.09. The lowest BCUT2D eigenvalue weighted by atomic mass is 10.2. The Labute approximate surface area is 151 Å². The Balaban J connectivity index is 1.73. The second-order valence-corrected chi connectivity index (χ2v) is 6.34. The molecule has 1 amide bonds. The van der Waals surface area contributed by atoms with Crippen LogP contribution in [0.15, 0.2) is 36.4 Å². The molecule has 1 atom stereocenters. The van der Waals surface area contributed by atoms with Gasteiger partial charge in [0.25, 0.3) is 0 Å². The van der Waals surface area contributed by atoms with Crippen LogP contribution in [0.3, 0.4) is 0 Å². The summed E-state index contributed by atoms with van der Waals surface area (Å²) in [5.41, 5.74) is 7.93. The Morgan fingerprint density at radius 3 is 2.92 bits per heavy atom. The third kappa shape index (κ3) is 3.91. The maximum atomic E-state index is 12.4. The minimum atomic E-state index is -0.149. The van der Waals surface area contributed by atoms with Crippen LogP contribution in [0.2, 0.25) is 5.02 Å². The lowest BCUT2D eigenvalue weighted by Crippen LogP contribution is -2.42. The summed E-state index contributed by atoms with van der Waals surface area (Å²) in [6.07, 6.45) is -0.0145. The van der Waals surface area contributed by atoms with E-state index in [0.29, 0.717) is 28.7 Å². The van der Waals surface area contributed by atoms with Gasteiger partial charge in [-0.1, -0.05) is 11.6 Å². The van der Waals surface area contributed by atoms with Gasteiger partial charge in [0.15, 0.2) is 0 Å². The van der Waals surface area contributed by atoms with Crippen LogP contribution >= 0.6 is 11.6 Å². The van der Waals surface area contributed by atoms with Crippen molar-refractivity contribution in [1.82, 2.24) is 0 Å². The highest BCUT2D eigenvalue weighted by molar-refractivity contribution is 6.32. The van der Waals surface area contributed by atoms with Crippen molar-refractivity contribution >= 4 is 34.6 Å². The van der Waals surface area contributed by atoms with Gasteiger partial charge in [-0.15, -0.1) is 0 Å². The first-order valence-electron chi connectivity index (χ1n) is 7.91. The highest BCUT2D eigenvalue weighted by atomic mass is 35.5. The van der Waals surface area contributed by atoms with Gasteiger partial charge >= 0.3 is 0 Å². The zero-order chi connectivity index (χ0) is 18.0. The number of amides is 1. The molecule has 2 aromatic rings. The first kappa shape index (κ1) is 17.2. The predicted octanol–water partition coefficient (Wildman–Crippen LogP) is 3.16. The number of nitrogens with one attached hydrogen (secondary N) is 1. The molecule has 25 heavy (non-hydrogen) atoms. The summed E-state index contributed by atoms with van der Waals surface area (Å²) in [6, 6.07) is 10.6. The number of carbonyl (C=O) groups is 1. The Bertz CT molecular complexity index is 797. The SMILES string of the molecule is COc1ccc(NC(=O)CN2CC(C)Oc3ccc(N)cc32)cc1Cl. The molecule has 1 unspecified atom stereocenters. The molecule has 1 heterocycles. The van der Waals surface area contributed by atoms with Crippen LogP contribution in [0.1, 0.15) is 6.92 Å². The number of ether oxygens (including phenoxy) is 2. The number of carbonyl (C=O) groups excluding carboxylic acids is 1. The average molecular weight is 362 g/mol. The first-order valence-corrected chi connectivity index (χ1v) is 8.28. The summed E-state index contributed by atoms with van der Waals surface area (Å²) in [6.45, 7) is 2.76. The van der Waals surface area contributed by atoms with Crippen molar-refractivity contribution in [2.75, 3.05) is 36.1 Å². The van der Waals surface area contributed by atoms with E-state index >= 15 is 0 Å². The number of hydrogen-bond donors (Lipinski definition) is 2. The van der Waals surface area contributed by atoms with Crippen LogP contribution < -0.4 is 25.4 Å². The first-order chi connectivity index (χ1) is 12.0. The lowest BCUT2D eigenvalue weighted by Gasteiger charge is -2.34. The molecule has 1 aliphatic rings. The van der Waals surface area contributed by atoms with E-state index in [2.05, 4.69) is 5.32 Å². The number of nitrogen functional groups attached to an aromatic ring is 1. The van der Waals surface area contributed by atoms with Gasteiger partial charge in [0.1, 0.15) is 17.6 Å². The van der Waals surface area contributed by atoms with Crippen molar-refractivity contribution < 1.29 is 14.3 Å². The summed E-state index contributed by atoms with van der Waals surface area (Å²) in [5.74, 6) is 1.14. The third-order valence-corrected chi connectivity index (χ3v) is 4.19. The van der Waals surface area contributed by atoms with Crippen molar-refractivity contribution in [3.8, 4) is 11.5 Å². The highest BCUT2D eigenvalue weighted by Gasteiger charge is 2.24. The summed E-state index contributed by atoms with van der Waals surface area (Å²) in [7, 11) is 1.54. The van der Waals surface area contributed by atoms with Crippen LogP contribution in [0, 0.1) is 0 Å². The molecule has 0 saturated heterocycles. The van der Waals surface area contributed by atoms with Crippen LogP contribution in [0.25, 0.3) is 0 Å². The molecule has 6 nitrogen and oxygen atoms in total. The number of rotatable bonds is 4. The number of anilines is 3. The van der Waals surface area contributed by atoms with Crippen molar-refractivity contribution in [1.29, 1.82) is 0 Å². The summed E-state index contributed by atoms with van der Waals surface area (Å²) in [5, 5.41) is 3.29. The largest absolute Gasteiger partial charge is 0.495 e. The van der Waals surface area contributed by atoms with E-state index in [1.807, 2.05) is 24.0 Å². The second kappa shape index (κ2) is 7.11. The van der Waals surface area contributed by atoms with Crippen molar-refractivity contribution in [2.24, 2.45) is 0 Å². The van der Waals surface area contributed by atoms with Crippen LogP contribution in [-0.2, 0) is 4.79 Å². The minimum absolute atomic E-state index is 0.0145. The van der Waals surface area contributed by atoms with E-state index in [-0.39, 0.29) is 18.6 Å². The maximum Gasteiger partial charge on any atom is 0.243 e. The number of nitrogens with two attached hydrogens (primary N) is 1. The maximum absolute atomic E-state index is 12.4. The van der Waals surface area contributed by atoms with Gasteiger partial charge in [0, 0.05) is 11.4 Å². The molecule has 7 heteroatoms. The molecule has 3 rings (SSSR count). The molecule has 0 saturated carbocycles. The van der Waals surface area contributed by atoms with Gasteiger partial charge < -0.3 is 25.4 Å². The minimum Gasteiger partial charge on any atom is -0.495 e. The Morgan fingerprint density at radius 1 is 1.40 bits per heavy atom. The number of halogens is 1. The fourth-order valence-corrected chi connectivity index (χ4v) is 3.07. The number of hydrogen-bond acceptors (Lipinski definition) is 5. The van der Waals surface area contributed by atoms with E-state index in [4.69, 9.17) is 26.8 Å². The molecular weight excluding hydrogens is 342 g/mol. The monoisotopic (exact) mass is 361 g/mol. The van der Waals surface area contributed by atoms with Crippen molar-refractivity contribution in [3.63, 3.8) is 0 Å². The molecule has 0 bridgehead atoms. The normalized spacial score (nSPS) is 16.0. The smallest absolute Gasteiger partial charge is 0.243 e. The van der Waals surface area contributed by atoms with E-state index in [1.165, 1.54) is 0 Å². The molecule has 0 aliphatic carbocycles. The molecule has 3 N–H and O–H groups in total. The standard InChI is InChI=1S/C18H20ClN3O3/c1-11-9-22(15-7-12(20)3-5-17(15)25-11)10-18(23)21-13-4-6-16(24-2)14(19)8-13/h3-8,11H,9-10,20H2,1-2H3,(H,21,23). The van der Waals surface area contributed by atoms with Gasteiger partial charge in [-0.2, -0.15) is 0 Å². The zero-order valence-corrected chi connectivity index (χ0v) is 14.8. The molecule has 132 valence electrons. The predicted molar refractivity (Wildman–Crippen MR) is 99.8 cm³/mol. The fraction of sp³-hybridized carbons (Fsp3) is 0.278. The molecule has 0 fully saturated rings. The van der Waals surface area contributed by atoms with Crippen LogP contribution in [-0.4, -0.2) is 32.2 Å². The van der Waals surface area contributed by atoms with Gasteiger partial charge in [-0.05, 0) is 43.3 Å². The fourth-order valence-electron chi connectivity index (χ4n) is 2.81. The van der Waals surface area contributed by atoms with E-state index in [1.54, 1.807) is 31.4 Å². The summed E-state index contributed by atoms with van der Waals surface area (Å²) in [4.78, 5) is 14.4. The highest BCUT2D eigenvalue weighted by Crippen LogP contribution is 2.35. The Hall–Kier alpha value is -2.60. The van der Waals surface area contributed by atoms with Gasteiger partial charge in [0.05, 0.1) is 30.9 Å². The summed E-state index contributed by atoms with van der Waals surface area (Å²) < 4.78 is 10.9. The number of benzene rings is 2. The van der Waals surface area contributed by atoms with Crippen LogP contribution in [0.4, 0.5) is 17.1 Å². The van der Waals surface area contributed by atoms with Gasteiger partial charge in [-0.25, -0.2) is 0 Å². The van der Waals surface area contributed by atoms with E-state index in [9.17, 15) is 4.79 Å². The zero-order valence-electron chi connectivity index (χ0n) is 14.1. The number of fused-ring (bicyclic) bond motifs is 1. The molecule has 0 spiro atoms. The van der Waals surface area contributed by atoms with Crippen molar-refractivity contribution in [3.05, 3.63) is 41.4 Å². The number of nitrogens with zero attached hydrogens (tertiary/aromatic N) is 1. The van der Waals surface area contributed by atoms with Gasteiger partial charge in [-0.3, -0.25) is 4.79 Å². The van der Waals surface area contributed by atoms with Crippen molar-refractivity contribution in [2.45, 2.75) is 13.0 Å². The Morgan fingerprint density at radius 2 is 2.20 bits per heavy atom. The number of methoxy groups -OCH3 is 1. The lowest BCUT2D eigenvalue weighted by molar-refractivity contribution is -0.115.